The Morgan fingerprint density at radius 3 is 2.02 bits per heavy atom. The van der Waals surface area contributed by atoms with Crippen LogP contribution in [0.2, 0.25) is 0 Å². The van der Waals surface area contributed by atoms with Crippen molar-refractivity contribution in [3.63, 3.8) is 0 Å². The van der Waals surface area contributed by atoms with E-state index in [1.165, 1.54) is 53.4 Å². The highest BCUT2D eigenvalue weighted by atomic mass is 32.1. The molecule has 0 unspecified atom stereocenters. The molecule has 0 aliphatic carbocycles. The van der Waals surface area contributed by atoms with Crippen LogP contribution in [0, 0.1) is 0 Å². The molecule has 50 heavy (non-hydrogen) atoms. The molecule has 2 aromatic heterocycles. The zero-order valence-corrected chi connectivity index (χ0v) is 28.0. The second-order valence-corrected chi connectivity index (χ2v) is 13.9. The number of hydrogen-bond acceptors (Lipinski definition) is 3. The molecule has 2 nitrogen and oxygen atoms in total. The SMILES string of the molecule is c1ccc(-c2ccccc2CN(c2ccc(-c3cccc4c3sc3ccccc34)cc2)c2c3ccccc3cc3oc4ccccc4c23)cc1. The molecule has 3 heteroatoms. The van der Waals surface area contributed by atoms with Gasteiger partial charge >= 0.3 is 0 Å². The Hall–Kier alpha value is -6.16. The summed E-state index contributed by atoms with van der Waals surface area (Å²) in [6, 6.07) is 63.4. The summed E-state index contributed by atoms with van der Waals surface area (Å²) >= 11 is 1.88. The third kappa shape index (κ3) is 4.70. The van der Waals surface area contributed by atoms with Gasteiger partial charge in [0.2, 0.25) is 0 Å². The predicted octanol–water partition coefficient (Wildman–Crippen LogP) is 13.8. The zero-order valence-electron chi connectivity index (χ0n) is 27.2. The molecule has 2 heterocycles. The number of rotatable bonds is 6. The molecule has 0 saturated carbocycles. The molecule has 0 spiro atoms. The maximum atomic E-state index is 6.55. The fourth-order valence-electron chi connectivity index (χ4n) is 7.63. The third-order valence-electron chi connectivity index (χ3n) is 9.96. The Labute approximate surface area is 294 Å². The summed E-state index contributed by atoms with van der Waals surface area (Å²) in [7, 11) is 0. The van der Waals surface area contributed by atoms with E-state index >= 15 is 0 Å². The van der Waals surface area contributed by atoms with Crippen molar-refractivity contribution in [2.75, 3.05) is 4.90 Å². The van der Waals surface area contributed by atoms with Crippen molar-refractivity contribution in [1.29, 1.82) is 0 Å². The lowest BCUT2D eigenvalue weighted by Gasteiger charge is -2.29. The maximum Gasteiger partial charge on any atom is 0.138 e. The van der Waals surface area contributed by atoms with Gasteiger partial charge in [-0.3, -0.25) is 0 Å². The highest BCUT2D eigenvalue weighted by Crippen LogP contribution is 2.46. The van der Waals surface area contributed by atoms with E-state index in [-0.39, 0.29) is 0 Å². The van der Waals surface area contributed by atoms with Gasteiger partial charge in [-0.1, -0.05) is 146 Å². The fourth-order valence-corrected chi connectivity index (χ4v) is 8.87. The van der Waals surface area contributed by atoms with Crippen molar-refractivity contribution in [2.45, 2.75) is 6.54 Å². The van der Waals surface area contributed by atoms with E-state index in [4.69, 9.17) is 4.42 Å². The summed E-state index contributed by atoms with van der Waals surface area (Å²) in [5.74, 6) is 0. The van der Waals surface area contributed by atoms with Crippen LogP contribution in [0.15, 0.2) is 180 Å². The molecule has 0 saturated heterocycles. The lowest BCUT2D eigenvalue weighted by Crippen LogP contribution is -2.18. The van der Waals surface area contributed by atoms with Crippen LogP contribution >= 0.6 is 11.3 Å². The number of furan rings is 1. The van der Waals surface area contributed by atoms with Crippen molar-refractivity contribution in [3.8, 4) is 22.3 Å². The van der Waals surface area contributed by atoms with Gasteiger partial charge in [0.1, 0.15) is 11.2 Å². The van der Waals surface area contributed by atoms with Gasteiger partial charge in [-0.2, -0.15) is 0 Å². The van der Waals surface area contributed by atoms with Crippen LogP contribution < -0.4 is 4.90 Å². The molecule has 0 atom stereocenters. The minimum absolute atomic E-state index is 0.679. The number of anilines is 2. The normalized spacial score (nSPS) is 11.7. The second-order valence-electron chi connectivity index (χ2n) is 12.9. The van der Waals surface area contributed by atoms with Gasteiger partial charge in [-0.25, -0.2) is 0 Å². The van der Waals surface area contributed by atoms with Crippen LogP contribution in [0.1, 0.15) is 5.56 Å². The number of para-hydroxylation sites is 1. The van der Waals surface area contributed by atoms with Crippen molar-refractivity contribution < 1.29 is 4.42 Å². The molecule has 8 aromatic carbocycles. The van der Waals surface area contributed by atoms with E-state index in [9.17, 15) is 0 Å². The van der Waals surface area contributed by atoms with Gasteiger partial charge in [0.05, 0.1) is 11.1 Å². The van der Waals surface area contributed by atoms with E-state index in [2.05, 4.69) is 175 Å². The van der Waals surface area contributed by atoms with Crippen LogP contribution in [0.4, 0.5) is 11.4 Å². The van der Waals surface area contributed by atoms with Crippen LogP contribution in [0.25, 0.3) is 75.1 Å². The van der Waals surface area contributed by atoms with Crippen LogP contribution in [0.3, 0.4) is 0 Å². The Morgan fingerprint density at radius 2 is 1.14 bits per heavy atom. The van der Waals surface area contributed by atoms with E-state index < -0.39 is 0 Å². The lowest BCUT2D eigenvalue weighted by atomic mass is 9.97. The lowest BCUT2D eigenvalue weighted by molar-refractivity contribution is 0.669. The molecule has 236 valence electrons. The maximum absolute atomic E-state index is 6.55. The Balaban J connectivity index is 1.20. The van der Waals surface area contributed by atoms with Gasteiger partial charge in [0.25, 0.3) is 0 Å². The van der Waals surface area contributed by atoms with Gasteiger partial charge in [0.15, 0.2) is 0 Å². The van der Waals surface area contributed by atoms with Crippen LogP contribution in [-0.2, 0) is 6.54 Å². The standard InChI is InChI=1S/C47H31NOS/c1-2-13-31(14-3-1)36-17-6-5-16-34(36)30-48(46-37-18-7-4-15-33(37)29-43-45(46)41-20-8-10-23-42(41)49-43)35-27-25-32(26-28-35)38-21-12-22-40-39-19-9-11-24-44(39)50-47(38)40/h1-29H,30H2. The van der Waals surface area contributed by atoms with E-state index in [0.29, 0.717) is 6.54 Å². The molecule has 0 aliphatic heterocycles. The summed E-state index contributed by atoms with van der Waals surface area (Å²) in [4.78, 5) is 2.50. The Morgan fingerprint density at radius 1 is 0.480 bits per heavy atom. The minimum atomic E-state index is 0.679. The molecular weight excluding hydrogens is 627 g/mol. The third-order valence-corrected chi connectivity index (χ3v) is 11.2. The van der Waals surface area contributed by atoms with E-state index in [1.807, 2.05) is 17.4 Å². The molecule has 0 amide bonds. The summed E-state index contributed by atoms with van der Waals surface area (Å²) in [5, 5.41) is 7.25. The first kappa shape index (κ1) is 28.8. The van der Waals surface area contributed by atoms with Gasteiger partial charge in [0, 0.05) is 43.2 Å². The number of fused-ring (bicyclic) bond motifs is 7. The molecule has 0 bridgehead atoms. The first-order chi connectivity index (χ1) is 24.8. The highest BCUT2D eigenvalue weighted by molar-refractivity contribution is 7.26. The van der Waals surface area contributed by atoms with Crippen LogP contribution in [-0.4, -0.2) is 0 Å². The van der Waals surface area contributed by atoms with Crippen molar-refractivity contribution in [1.82, 2.24) is 0 Å². The van der Waals surface area contributed by atoms with Crippen LogP contribution in [0.5, 0.6) is 0 Å². The van der Waals surface area contributed by atoms with Crippen molar-refractivity contribution in [2.24, 2.45) is 0 Å². The second kappa shape index (κ2) is 11.8. The van der Waals surface area contributed by atoms with E-state index in [1.54, 1.807) is 0 Å². The molecule has 0 fully saturated rings. The fraction of sp³-hybridized carbons (Fsp3) is 0.0213. The smallest absolute Gasteiger partial charge is 0.138 e. The summed E-state index contributed by atoms with van der Waals surface area (Å²) in [6.07, 6.45) is 0. The monoisotopic (exact) mass is 657 g/mol. The molecular formula is C47H31NOS. The number of thiophene rings is 1. The number of hydrogen-bond donors (Lipinski definition) is 0. The Bertz CT molecular complexity index is 2850. The first-order valence-corrected chi connectivity index (χ1v) is 17.9. The first-order valence-electron chi connectivity index (χ1n) is 17.0. The average molecular weight is 658 g/mol. The van der Waals surface area contributed by atoms with E-state index in [0.717, 1.165) is 38.7 Å². The van der Waals surface area contributed by atoms with Gasteiger partial charge in [-0.05, 0) is 63.5 Å². The molecule has 10 aromatic rings. The van der Waals surface area contributed by atoms with Gasteiger partial charge in [-0.15, -0.1) is 11.3 Å². The molecule has 0 radical (unpaired) electrons. The zero-order chi connectivity index (χ0) is 33.0. The molecule has 0 N–H and O–H groups in total. The van der Waals surface area contributed by atoms with Crippen molar-refractivity contribution in [3.05, 3.63) is 181 Å². The van der Waals surface area contributed by atoms with Crippen molar-refractivity contribution >= 4 is 75.6 Å². The largest absolute Gasteiger partial charge is 0.456 e. The quantitative estimate of drug-likeness (QED) is 0.177. The summed E-state index contributed by atoms with van der Waals surface area (Å²) < 4.78 is 9.20. The summed E-state index contributed by atoms with van der Waals surface area (Å²) in [6.45, 7) is 0.679. The van der Waals surface area contributed by atoms with Gasteiger partial charge < -0.3 is 9.32 Å². The predicted molar refractivity (Wildman–Crippen MR) is 214 cm³/mol. The highest BCUT2D eigenvalue weighted by Gasteiger charge is 2.23. The topological polar surface area (TPSA) is 16.4 Å². The number of benzene rings is 8. The minimum Gasteiger partial charge on any atom is -0.456 e. The molecule has 10 rings (SSSR count). The average Bonchev–Trinajstić information content (AvgIpc) is 3.75. The number of nitrogens with zero attached hydrogens (tertiary/aromatic N) is 1. The summed E-state index contributed by atoms with van der Waals surface area (Å²) in [5.41, 5.74) is 10.3. The Kier molecular flexibility index (Phi) is 6.78. The molecule has 0 aliphatic rings.